The molecule has 1 heterocycles. The summed E-state index contributed by atoms with van der Waals surface area (Å²) in [5.74, 6) is -0.108. The second-order valence-corrected chi connectivity index (χ2v) is 6.20. The number of nitrogens with one attached hydrogen (secondary N) is 1. The molecule has 0 bridgehead atoms. The van der Waals surface area contributed by atoms with E-state index in [0.717, 1.165) is 6.42 Å². The first kappa shape index (κ1) is 18.5. The zero-order chi connectivity index (χ0) is 16.5. The Bertz CT molecular complexity index is 429. The van der Waals surface area contributed by atoms with E-state index in [0.29, 0.717) is 25.2 Å². The Morgan fingerprint density at radius 1 is 1.50 bits per heavy atom. The van der Waals surface area contributed by atoms with Gasteiger partial charge >= 0.3 is 0 Å². The van der Waals surface area contributed by atoms with Gasteiger partial charge in [-0.3, -0.25) is 24.1 Å². The summed E-state index contributed by atoms with van der Waals surface area (Å²) in [6, 6.07) is 0. The van der Waals surface area contributed by atoms with Crippen LogP contribution in [0.3, 0.4) is 0 Å². The van der Waals surface area contributed by atoms with Gasteiger partial charge in [-0.1, -0.05) is 13.8 Å². The van der Waals surface area contributed by atoms with E-state index in [9.17, 15) is 19.2 Å². The minimum Gasteiger partial charge on any atom is -0.444 e. The van der Waals surface area contributed by atoms with E-state index in [-0.39, 0.29) is 35.8 Å². The van der Waals surface area contributed by atoms with Crippen molar-refractivity contribution in [2.75, 3.05) is 12.3 Å². The van der Waals surface area contributed by atoms with Crippen LogP contribution in [0, 0.1) is 0 Å². The van der Waals surface area contributed by atoms with Crippen molar-refractivity contribution in [3.8, 4) is 0 Å². The lowest BCUT2D eigenvalue weighted by Gasteiger charge is -2.15. The molecule has 0 aromatic heterocycles. The van der Waals surface area contributed by atoms with Crippen molar-refractivity contribution >= 4 is 36.0 Å². The Balaban J connectivity index is 2.32. The van der Waals surface area contributed by atoms with Crippen LogP contribution in [-0.2, 0) is 23.9 Å². The third-order valence-corrected chi connectivity index (χ3v) is 4.42. The van der Waals surface area contributed by atoms with Gasteiger partial charge in [0.05, 0.1) is 5.25 Å². The van der Waals surface area contributed by atoms with E-state index < -0.39 is 6.23 Å². The van der Waals surface area contributed by atoms with Crippen molar-refractivity contribution < 1.29 is 23.9 Å². The summed E-state index contributed by atoms with van der Waals surface area (Å²) in [6.07, 6.45) is 1.02. The monoisotopic (exact) mass is 330 g/mol. The molecule has 1 N–H and O–H groups in total. The number of ether oxygens (including phenoxy) is 1. The van der Waals surface area contributed by atoms with Crippen molar-refractivity contribution in [2.45, 2.75) is 51.0 Å². The number of imide groups is 1. The highest BCUT2D eigenvalue weighted by Gasteiger charge is 2.37. The van der Waals surface area contributed by atoms with Crippen LogP contribution in [-0.4, -0.2) is 52.9 Å². The number of nitrogens with zero attached hydrogens (tertiary/aromatic N) is 1. The summed E-state index contributed by atoms with van der Waals surface area (Å²) < 4.78 is 4.69. The van der Waals surface area contributed by atoms with E-state index >= 15 is 0 Å². The molecule has 124 valence electrons. The molecule has 2 unspecified atom stereocenters. The average molecular weight is 330 g/mol. The first-order chi connectivity index (χ1) is 10.5. The van der Waals surface area contributed by atoms with Gasteiger partial charge in [0.25, 0.3) is 6.47 Å². The molecule has 1 aliphatic heterocycles. The lowest BCUT2D eigenvalue weighted by Crippen LogP contribution is -2.36. The van der Waals surface area contributed by atoms with Crippen molar-refractivity contribution in [3.05, 3.63) is 0 Å². The van der Waals surface area contributed by atoms with E-state index in [1.165, 1.54) is 16.7 Å². The first-order valence-electron chi connectivity index (χ1n) is 7.37. The summed E-state index contributed by atoms with van der Waals surface area (Å²) in [5.41, 5.74) is 0. The Hall–Kier alpha value is -1.57. The highest BCUT2D eigenvalue weighted by atomic mass is 32.2. The van der Waals surface area contributed by atoms with Crippen molar-refractivity contribution in [3.63, 3.8) is 0 Å². The van der Waals surface area contributed by atoms with Crippen LogP contribution in [0.2, 0.25) is 0 Å². The number of likely N-dealkylation sites (tertiary alicyclic amines) is 1. The molecule has 0 spiro atoms. The highest BCUT2D eigenvalue weighted by Crippen LogP contribution is 2.25. The maximum absolute atomic E-state index is 12.0. The molecule has 0 saturated carbocycles. The number of hydrogen-bond donors (Lipinski definition) is 1. The topological polar surface area (TPSA) is 92.8 Å². The lowest BCUT2D eigenvalue weighted by atomic mass is 10.3. The smallest absolute Gasteiger partial charge is 0.295 e. The van der Waals surface area contributed by atoms with Crippen LogP contribution in [0.4, 0.5) is 0 Å². The van der Waals surface area contributed by atoms with Crippen LogP contribution in [0.5, 0.6) is 0 Å². The number of thioether (sulfide) groups is 1. The van der Waals surface area contributed by atoms with Gasteiger partial charge in [0.15, 0.2) is 6.23 Å². The molecule has 8 heteroatoms. The molecule has 3 amide bonds. The SMILES string of the molecule is CCCN1C(=O)CC(SCCC(=O)NC(CC)OC=O)C1=O. The molecule has 22 heavy (non-hydrogen) atoms. The third kappa shape index (κ3) is 5.32. The van der Waals surface area contributed by atoms with Crippen molar-refractivity contribution in [1.82, 2.24) is 10.2 Å². The summed E-state index contributed by atoms with van der Waals surface area (Å²) in [7, 11) is 0. The maximum Gasteiger partial charge on any atom is 0.295 e. The van der Waals surface area contributed by atoms with Gasteiger partial charge in [0.1, 0.15) is 0 Å². The van der Waals surface area contributed by atoms with Gasteiger partial charge in [0.2, 0.25) is 17.7 Å². The Morgan fingerprint density at radius 3 is 2.82 bits per heavy atom. The molecule has 1 aliphatic rings. The molecular weight excluding hydrogens is 308 g/mol. The summed E-state index contributed by atoms with van der Waals surface area (Å²) in [4.78, 5) is 46.9. The minimum absolute atomic E-state index is 0.140. The summed E-state index contributed by atoms with van der Waals surface area (Å²) >= 11 is 1.32. The number of carbonyl (C=O) groups is 4. The second kappa shape index (κ2) is 9.45. The normalized spacial score (nSPS) is 19.2. The second-order valence-electron chi connectivity index (χ2n) is 4.89. The Labute approximate surface area is 134 Å². The number of hydrogen-bond acceptors (Lipinski definition) is 6. The molecule has 7 nitrogen and oxygen atoms in total. The maximum atomic E-state index is 12.0. The van der Waals surface area contributed by atoms with Crippen LogP contribution in [0.15, 0.2) is 0 Å². The first-order valence-corrected chi connectivity index (χ1v) is 8.42. The van der Waals surface area contributed by atoms with Gasteiger partial charge in [-0.05, 0) is 6.42 Å². The summed E-state index contributed by atoms with van der Waals surface area (Å²) in [6.45, 7) is 4.45. The van der Waals surface area contributed by atoms with E-state index in [4.69, 9.17) is 0 Å². The fourth-order valence-corrected chi connectivity index (χ4v) is 3.20. The summed E-state index contributed by atoms with van der Waals surface area (Å²) in [5, 5.41) is 2.19. The van der Waals surface area contributed by atoms with E-state index in [1.54, 1.807) is 6.92 Å². The van der Waals surface area contributed by atoms with Crippen LogP contribution >= 0.6 is 11.8 Å². The molecule has 0 radical (unpaired) electrons. The predicted octanol–water partition coefficient (Wildman–Crippen LogP) is 0.672. The third-order valence-electron chi connectivity index (χ3n) is 3.21. The lowest BCUT2D eigenvalue weighted by molar-refractivity contribution is -0.140. The fraction of sp³-hybridized carbons (Fsp3) is 0.714. The number of amides is 3. The fourth-order valence-electron chi connectivity index (χ4n) is 2.09. The molecule has 2 atom stereocenters. The van der Waals surface area contributed by atoms with E-state index in [1.807, 2.05) is 6.92 Å². The van der Waals surface area contributed by atoms with Crippen molar-refractivity contribution in [2.24, 2.45) is 0 Å². The molecule has 0 aromatic rings. The molecule has 0 aromatic carbocycles. The predicted molar refractivity (Wildman–Crippen MR) is 81.9 cm³/mol. The largest absolute Gasteiger partial charge is 0.444 e. The molecule has 1 fully saturated rings. The van der Waals surface area contributed by atoms with Crippen LogP contribution in [0.1, 0.15) is 39.5 Å². The van der Waals surface area contributed by atoms with Crippen LogP contribution in [0.25, 0.3) is 0 Å². The molecule has 1 saturated heterocycles. The number of carbonyl (C=O) groups excluding carboxylic acids is 4. The highest BCUT2D eigenvalue weighted by molar-refractivity contribution is 8.00. The molecule has 0 aliphatic carbocycles. The Morgan fingerprint density at radius 2 is 2.23 bits per heavy atom. The van der Waals surface area contributed by atoms with E-state index in [2.05, 4.69) is 10.1 Å². The molecule has 1 rings (SSSR count). The number of rotatable bonds is 10. The quantitative estimate of drug-likeness (QED) is 0.360. The van der Waals surface area contributed by atoms with Crippen LogP contribution < -0.4 is 5.32 Å². The van der Waals surface area contributed by atoms with Gasteiger partial charge in [-0.15, -0.1) is 11.8 Å². The average Bonchev–Trinajstić information content (AvgIpc) is 2.75. The zero-order valence-corrected chi connectivity index (χ0v) is 13.7. The standard InChI is InChI=1S/C14H22N2O5S/c1-3-6-16-13(19)8-10(14(16)20)22-7-5-11(18)15-12(4-2)21-9-17/h9-10,12H,3-8H2,1-2H3,(H,15,18). The van der Waals surface area contributed by atoms with Gasteiger partial charge in [0, 0.05) is 31.6 Å². The van der Waals surface area contributed by atoms with Crippen molar-refractivity contribution in [1.29, 1.82) is 0 Å². The molecular formula is C14H22N2O5S. The minimum atomic E-state index is -0.621. The Kier molecular flexibility index (Phi) is 7.94. The van der Waals surface area contributed by atoms with Gasteiger partial charge in [-0.25, -0.2) is 0 Å². The van der Waals surface area contributed by atoms with Gasteiger partial charge in [-0.2, -0.15) is 0 Å². The van der Waals surface area contributed by atoms with Gasteiger partial charge < -0.3 is 10.1 Å². The zero-order valence-electron chi connectivity index (χ0n) is 12.9.